The molecule has 0 aliphatic rings. The average molecular weight is 468 g/mol. The van der Waals surface area contributed by atoms with Crippen LogP contribution in [0.2, 0.25) is 30.8 Å². The Bertz CT molecular complexity index is 730. The first-order valence-electron chi connectivity index (χ1n) is 7.11. The van der Waals surface area contributed by atoms with Crippen molar-refractivity contribution in [1.82, 2.24) is 14.5 Å². The largest absolute Gasteiger partial charge is 0.464 e. The molecule has 0 aliphatic heterocycles. The van der Waals surface area contributed by atoms with Crippen LogP contribution >= 0.6 is 34.2 Å². The molecule has 0 aliphatic carbocycles. The molecule has 6 nitrogen and oxygen atoms in total. The SMILES string of the molecule is COC(=O)c1nc2c(I)cn(COCC[Si](C)(C)C)c2nc1Cl. The highest BCUT2D eigenvalue weighted by atomic mass is 127. The van der Waals surface area contributed by atoms with E-state index in [1.54, 1.807) is 0 Å². The molecule has 2 rings (SSSR count). The molecular formula is C14H19ClIN3O3Si. The minimum absolute atomic E-state index is 0.0250. The number of carbonyl (C=O) groups is 1. The summed E-state index contributed by atoms with van der Waals surface area (Å²) in [7, 11) is 0.171. The molecule has 0 atom stereocenters. The molecule has 126 valence electrons. The van der Waals surface area contributed by atoms with Crippen LogP contribution in [0.25, 0.3) is 11.2 Å². The van der Waals surface area contributed by atoms with Gasteiger partial charge >= 0.3 is 5.97 Å². The minimum Gasteiger partial charge on any atom is -0.464 e. The van der Waals surface area contributed by atoms with Crippen LogP contribution in [-0.4, -0.2) is 42.3 Å². The summed E-state index contributed by atoms with van der Waals surface area (Å²) in [4.78, 5) is 20.2. The van der Waals surface area contributed by atoms with E-state index in [2.05, 4.69) is 56.9 Å². The van der Waals surface area contributed by atoms with Crippen molar-refractivity contribution in [2.45, 2.75) is 32.4 Å². The molecule has 0 N–H and O–H groups in total. The molecule has 2 aromatic heterocycles. The van der Waals surface area contributed by atoms with Crippen LogP contribution in [0.4, 0.5) is 0 Å². The number of ether oxygens (including phenoxy) is 2. The molecule has 2 aromatic rings. The van der Waals surface area contributed by atoms with Crippen molar-refractivity contribution in [1.29, 1.82) is 0 Å². The highest BCUT2D eigenvalue weighted by molar-refractivity contribution is 14.1. The van der Waals surface area contributed by atoms with Gasteiger partial charge in [0, 0.05) is 20.9 Å². The maximum Gasteiger partial charge on any atom is 0.359 e. The highest BCUT2D eigenvalue weighted by Gasteiger charge is 2.19. The normalized spacial score (nSPS) is 11.9. The van der Waals surface area contributed by atoms with Crippen LogP contribution in [0.1, 0.15) is 10.5 Å². The summed E-state index contributed by atoms with van der Waals surface area (Å²) >= 11 is 8.20. The fraction of sp³-hybridized carbons (Fsp3) is 0.500. The van der Waals surface area contributed by atoms with Gasteiger partial charge in [0.15, 0.2) is 16.5 Å². The van der Waals surface area contributed by atoms with E-state index < -0.39 is 14.0 Å². The van der Waals surface area contributed by atoms with E-state index in [1.807, 2.05) is 10.8 Å². The van der Waals surface area contributed by atoms with Crippen molar-refractivity contribution >= 4 is 59.4 Å². The van der Waals surface area contributed by atoms with Gasteiger partial charge in [0.1, 0.15) is 12.2 Å². The van der Waals surface area contributed by atoms with Crippen molar-refractivity contribution in [3.8, 4) is 0 Å². The number of fused-ring (bicyclic) bond motifs is 1. The molecule has 0 radical (unpaired) electrons. The van der Waals surface area contributed by atoms with Gasteiger partial charge in [-0.3, -0.25) is 0 Å². The number of hydrogen-bond donors (Lipinski definition) is 0. The summed E-state index contributed by atoms with van der Waals surface area (Å²) in [5, 5.41) is 0.0298. The first-order chi connectivity index (χ1) is 10.7. The smallest absolute Gasteiger partial charge is 0.359 e. The summed E-state index contributed by atoms with van der Waals surface area (Å²) in [6.45, 7) is 8.03. The Labute approximate surface area is 154 Å². The van der Waals surface area contributed by atoms with Gasteiger partial charge in [0.05, 0.1) is 10.7 Å². The molecule has 0 saturated heterocycles. The van der Waals surface area contributed by atoms with E-state index in [1.165, 1.54) is 7.11 Å². The van der Waals surface area contributed by atoms with Gasteiger partial charge in [0.2, 0.25) is 0 Å². The van der Waals surface area contributed by atoms with Crippen LogP contribution in [0, 0.1) is 3.57 Å². The van der Waals surface area contributed by atoms with E-state index in [0.717, 1.165) is 9.61 Å². The maximum atomic E-state index is 11.7. The van der Waals surface area contributed by atoms with Gasteiger partial charge in [-0.15, -0.1) is 0 Å². The molecule has 0 unspecified atom stereocenters. The van der Waals surface area contributed by atoms with Gasteiger partial charge in [-0.2, -0.15) is 0 Å². The first-order valence-corrected chi connectivity index (χ1v) is 12.3. The topological polar surface area (TPSA) is 66.2 Å². The molecule has 0 fully saturated rings. The van der Waals surface area contributed by atoms with E-state index >= 15 is 0 Å². The lowest BCUT2D eigenvalue weighted by atomic mass is 10.4. The van der Waals surface area contributed by atoms with Crippen LogP contribution < -0.4 is 0 Å². The number of aromatic nitrogens is 3. The first kappa shape index (κ1) is 18.6. The summed E-state index contributed by atoms with van der Waals surface area (Å²) in [6.07, 6.45) is 1.89. The number of rotatable bonds is 6. The number of hydrogen-bond acceptors (Lipinski definition) is 5. The Morgan fingerprint density at radius 2 is 2.09 bits per heavy atom. The second-order valence-corrected chi connectivity index (χ2v) is 13.5. The summed E-state index contributed by atoms with van der Waals surface area (Å²) in [5.41, 5.74) is 1.24. The molecule has 9 heteroatoms. The van der Waals surface area contributed by atoms with Gasteiger partial charge < -0.3 is 14.0 Å². The number of methoxy groups -OCH3 is 1. The predicted octanol–water partition coefficient (Wildman–Crippen LogP) is 3.79. The van der Waals surface area contributed by atoms with Crippen LogP contribution in [0.15, 0.2) is 6.20 Å². The molecule has 23 heavy (non-hydrogen) atoms. The zero-order chi connectivity index (χ0) is 17.2. The molecule has 2 heterocycles. The lowest BCUT2D eigenvalue weighted by Crippen LogP contribution is -2.22. The second kappa shape index (κ2) is 7.45. The third-order valence-electron chi connectivity index (χ3n) is 3.21. The van der Waals surface area contributed by atoms with Crippen molar-refractivity contribution in [3.05, 3.63) is 20.6 Å². The fourth-order valence-electron chi connectivity index (χ4n) is 1.89. The summed E-state index contributed by atoms with van der Waals surface area (Å²) in [6, 6.07) is 1.10. The lowest BCUT2D eigenvalue weighted by Gasteiger charge is -2.15. The second-order valence-electron chi connectivity index (χ2n) is 6.32. The molecule has 0 spiro atoms. The summed E-state index contributed by atoms with van der Waals surface area (Å²) in [5.74, 6) is -0.598. The monoisotopic (exact) mass is 467 g/mol. The number of esters is 1. The Hall–Kier alpha value is -0.713. The standard InChI is InChI=1S/C14H19ClIN3O3Si/c1-21-14(20)11-12(15)18-13-10(17-11)9(16)7-19(13)8-22-5-6-23(2,3)4/h7H,5-6,8H2,1-4H3. The zero-order valence-corrected chi connectivity index (χ0v) is 17.4. The third-order valence-corrected chi connectivity index (χ3v) is 5.96. The Morgan fingerprint density at radius 3 is 2.70 bits per heavy atom. The minimum atomic E-state index is -1.11. The highest BCUT2D eigenvalue weighted by Crippen LogP contribution is 2.24. The van der Waals surface area contributed by atoms with Gasteiger partial charge in [0.25, 0.3) is 0 Å². The van der Waals surface area contributed by atoms with Crippen molar-refractivity contribution in [2.24, 2.45) is 0 Å². The Morgan fingerprint density at radius 1 is 1.39 bits per heavy atom. The van der Waals surface area contributed by atoms with E-state index in [0.29, 0.717) is 24.5 Å². The average Bonchev–Trinajstić information content (AvgIpc) is 2.77. The lowest BCUT2D eigenvalue weighted by molar-refractivity contribution is 0.0594. The van der Waals surface area contributed by atoms with Crippen LogP contribution in [0.3, 0.4) is 0 Å². The van der Waals surface area contributed by atoms with Gasteiger partial charge in [-0.25, -0.2) is 14.8 Å². The van der Waals surface area contributed by atoms with Gasteiger partial charge in [-0.1, -0.05) is 31.2 Å². The zero-order valence-electron chi connectivity index (χ0n) is 13.5. The third kappa shape index (κ3) is 4.65. The fourth-order valence-corrected chi connectivity index (χ4v) is 3.55. The maximum absolute atomic E-state index is 11.7. The van der Waals surface area contributed by atoms with Crippen LogP contribution in [0.5, 0.6) is 0 Å². The van der Waals surface area contributed by atoms with Gasteiger partial charge in [-0.05, 0) is 28.6 Å². The van der Waals surface area contributed by atoms with Crippen LogP contribution in [-0.2, 0) is 16.2 Å². The Balaban J connectivity index is 2.22. The van der Waals surface area contributed by atoms with E-state index in [9.17, 15) is 4.79 Å². The molecule has 0 bridgehead atoms. The van der Waals surface area contributed by atoms with Crippen molar-refractivity contribution in [2.75, 3.05) is 13.7 Å². The molecular weight excluding hydrogens is 449 g/mol. The number of halogens is 2. The number of carbonyl (C=O) groups excluding carboxylic acids is 1. The predicted molar refractivity (Wildman–Crippen MR) is 101 cm³/mol. The van der Waals surface area contributed by atoms with E-state index in [-0.39, 0.29) is 10.8 Å². The van der Waals surface area contributed by atoms with E-state index in [4.69, 9.17) is 16.3 Å². The molecule has 0 saturated carbocycles. The Kier molecular flexibility index (Phi) is 6.03. The molecule has 0 amide bonds. The van der Waals surface area contributed by atoms with Crippen molar-refractivity contribution in [3.63, 3.8) is 0 Å². The quantitative estimate of drug-likeness (QED) is 0.280. The number of nitrogens with zero attached hydrogens (tertiary/aromatic N) is 3. The summed E-state index contributed by atoms with van der Waals surface area (Å²) < 4.78 is 13.1. The molecule has 0 aromatic carbocycles. The van der Waals surface area contributed by atoms with Crippen molar-refractivity contribution < 1.29 is 14.3 Å².